The van der Waals surface area contributed by atoms with Crippen LogP contribution in [0.25, 0.3) is 0 Å². The standard InChI is InChI=1S/C14H26N2O2/c1-18-11-7-9-16(10-8-11)14(17)12-5-3-2-4-6-13(12)15/h11-13H,2-10,15H2,1H3. The van der Waals surface area contributed by atoms with Crippen molar-refractivity contribution >= 4 is 5.91 Å². The molecule has 2 aliphatic rings. The quantitative estimate of drug-likeness (QED) is 0.760. The van der Waals surface area contributed by atoms with Gasteiger partial charge in [-0.1, -0.05) is 19.3 Å². The molecular formula is C14H26N2O2. The van der Waals surface area contributed by atoms with Crippen molar-refractivity contribution in [1.29, 1.82) is 0 Å². The van der Waals surface area contributed by atoms with Crippen molar-refractivity contribution in [3.8, 4) is 0 Å². The van der Waals surface area contributed by atoms with Gasteiger partial charge in [0.1, 0.15) is 0 Å². The van der Waals surface area contributed by atoms with Crippen molar-refractivity contribution in [3.63, 3.8) is 0 Å². The van der Waals surface area contributed by atoms with Crippen LogP contribution in [-0.4, -0.2) is 43.2 Å². The third-order valence-corrected chi connectivity index (χ3v) is 4.47. The van der Waals surface area contributed by atoms with Crippen LogP contribution < -0.4 is 5.73 Å². The molecule has 1 heterocycles. The van der Waals surface area contributed by atoms with Gasteiger partial charge >= 0.3 is 0 Å². The van der Waals surface area contributed by atoms with Gasteiger partial charge in [0.2, 0.25) is 5.91 Å². The van der Waals surface area contributed by atoms with Crippen molar-refractivity contribution in [2.45, 2.75) is 57.1 Å². The van der Waals surface area contributed by atoms with E-state index in [9.17, 15) is 4.79 Å². The van der Waals surface area contributed by atoms with Gasteiger partial charge in [0.15, 0.2) is 0 Å². The maximum atomic E-state index is 12.5. The molecule has 2 unspecified atom stereocenters. The summed E-state index contributed by atoms with van der Waals surface area (Å²) in [4.78, 5) is 14.5. The number of ether oxygens (including phenoxy) is 1. The monoisotopic (exact) mass is 254 g/mol. The summed E-state index contributed by atoms with van der Waals surface area (Å²) in [7, 11) is 1.75. The van der Waals surface area contributed by atoms with E-state index < -0.39 is 0 Å². The van der Waals surface area contributed by atoms with Gasteiger partial charge in [0.05, 0.1) is 12.0 Å². The summed E-state index contributed by atoms with van der Waals surface area (Å²) in [5, 5.41) is 0. The van der Waals surface area contributed by atoms with Crippen LogP contribution in [0.1, 0.15) is 44.9 Å². The van der Waals surface area contributed by atoms with Gasteiger partial charge in [-0.05, 0) is 25.7 Å². The highest BCUT2D eigenvalue weighted by molar-refractivity contribution is 5.79. The lowest BCUT2D eigenvalue weighted by Crippen LogP contribution is -2.47. The molecule has 0 bridgehead atoms. The highest BCUT2D eigenvalue weighted by Gasteiger charge is 2.32. The Morgan fingerprint density at radius 3 is 2.44 bits per heavy atom. The molecule has 2 rings (SSSR count). The van der Waals surface area contributed by atoms with Gasteiger partial charge < -0.3 is 15.4 Å². The van der Waals surface area contributed by atoms with E-state index in [1.165, 1.54) is 12.8 Å². The fraction of sp³-hybridized carbons (Fsp3) is 0.929. The van der Waals surface area contributed by atoms with E-state index in [-0.39, 0.29) is 12.0 Å². The number of likely N-dealkylation sites (tertiary alicyclic amines) is 1. The number of rotatable bonds is 2. The van der Waals surface area contributed by atoms with Gasteiger partial charge in [-0.25, -0.2) is 0 Å². The molecule has 104 valence electrons. The number of carbonyl (C=O) groups is 1. The minimum absolute atomic E-state index is 0.0617. The van der Waals surface area contributed by atoms with E-state index in [1.807, 2.05) is 4.90 Å². The fourth-order valence-corrected chi connectivity index (χ4v) is 3.19. The molecule has 0 aromatic carbocycles. The average molecular weight is 254 g/mol. The molecule has 1 saturated heterocycles. The summed E-state index contributed by atoms with van der Waals surface area (Å²) in [5.41, 5.74) is 6.17. The lowest BCUT2D eigenvalue weighted by molar-refractivity contribution is -0.138. The van der Waals surface area contributed by atoms with Gasteiger partial charge in [-0.2, -0.15) is 0 Å². The highest BCUT2D eigenvalue weighted by Crippen LogP contribution is 2.25. The van der Waals surface area contributed by atoms with Crippen molar-refractivity contribution in [3.05, 3.63) is 0 Å². The number of methoxy groups -OCH3 is 1. The van der Waals surface area contributed by atoms with Crippen LogP contribution in [-0.2, 0) is 9.53 Å². The van der Waals surface area contributed by atoms with Crippen LogP contribution in [0.2, 0.25) is 0 Å². The summed E-state index contributed by atoms with van der Waals surface area (Å²) in [6.45, 7) is 1.67. The Morgan fingerprint density at radius 1 is 1.11 bits per heavy atom. The summed E-state index contributed by atoms with van der Waals surface area (Å²) >= 11 is 0. The molecule has 1 aliphatic carbocycles. The Balaban J connectivity index is 1.90. The Hall–Kier alpha value is -0.610. The van der Waals surface area contributed by atoms with Crippen molar-refractivity contribution < 1.29 is 9.53 Å². The van der Waals surface area contributed by atoms with E-state index in [0.29, 0.717) is 12.0 Å². The van der Waals surface area contributed by atoms with Gasteiger partial charge in [0.25, 0.3) is 0 Å². The third-order valence-electron chi connectivity index (χ3n) is 4.47. The number of nitrogens with two attached hydrogens (primary N) is 1. The first-order valence-corrected chi connectivity index (χ1v) is 7.29. The first-order valence-electron chi connectivity index (χ1n) is 7.29. The summed E-state index contributed by atoms with van der Waals surface area (Å²) in [6.07, 6.45) is 7.79. The van der Waals surface area contributed by atoms with Crippen molar-refractivity contribution in [1.82, 2.24) is 4.90 Å². The zero-order chi connectivity index (χ0) is 13.0. The van der Waals surface area contributed by atoms with Crippen molar-refractivity contribution in [2.75, 3.05) is 20.2 Å². The molecule has 4 heteroatoms. The van der Waals surface area contributed by atoms with Crippen LogP contribution in [0.4, 0.5) is 0 Å². The number of carbonyl (C=O) groups excluding carboxylic acids is 1. The van der Waals surface area contributed by atoms with E-state index in [4.69, 9.17) is 10.5 Å². The molecule has 4 nitrogen and oxygen atoms in total. The second-order valence-electron chi connectivity index (χ2n) is 5.67. The summed E-state index contributed by atoms with van der Waals surface area (Å²) in [5.74, 6) is 0.352. The molecule has 0 aromatic rings. The maximum Gasteiger partial charge on any atom is 0.227 e. The number of amides is 1. The van der Waals surface area contributed by atoms with Crippen LogP contribution in [0.3, 0.4) is 0 Å². The minimum atomic E-state index is 0.0617. The van der Waals surface area contributed by atoms with E-state index in [2.05, 4.69) is 0 Å². The first kappa shape index (κ1) is 13.8. The molecule has 1 amide bonds. The summed E-state index contributed by atoms with van der Waals surface area (Å²) in [6, 6.07) is 0.0696. The first-order chi connectivity index (χ1) is 8.72. The van der Waals surface area contributed by atoms with E-state index in [1.54, 1.807) is 7.11 Å². The largest absolute Gasteiger partial charge is 0.381 e. The van der Waals surface area contributed by atoms with Gasteiger partial charge in [-0.15, -0.1) is 0 Å². The van der Waals surface area contributed by atoms with Crippen LogP contribution in [0, 0.1) is 5.92 Å². The SMILES string of the molecule is COC1CCN(C(=O)C2CCCCCC2N)CC1. The molecular weight excluding hydrogens is 228 g/mol. The lowest BCUT2D eigenvalue weighted by atomic mass is 9.93. The number of hydrogen-bond donors (Lipinski definition) is 1. The summed E-state index contributed by atoms with van der Waals surface area (Å²) < 4.78 is 5.34. The molecule has 2 atom stereocenters. The predicted molar refractivity (Wildman–Crippen MR) is 71.2 cm³/mol. The number of hydrogen-bond acceptors (Lipinski definition) is 3. The molecule has 2 fully saturated rings. The predicted octanol–water partition coefficient (Wildman–Crippen LogP) is 1.53. The molecule has 1 aliphatic heterocycles. The molecule has 0 radical (unpaired) electrons. The molecule has 0 aromatic heterocycles. The zero-order valence-electron chi connectivity index (χ0n) is 11.4. The normalized spacial score (nSPS) is 31.1. The minimum Gasteiger partial charge on any atom is -0.381 e. The Morgan fingerprint density at radius 2 is 1.78 bits per heavy atom. The second-order valence-corrected chi connectivity index (χ2v) is 5.67. The van der Waals surface area contributed by atoms with E-state index in [0.717, 1.165) is 45.2 Å². The maximum absolute atomic E-state index is 12.5. The van der Waals surface area contributed by atoms with Crippen molar-refractivity contribution in [2.24, 2.45) is 11.7 Å². The number of nitrogens with zero attached hydrogens (tertiary/aromatic N) is 1. The topological polar surface area (TPSA) is 55.6 Å². The smallest absolute Gasteiger partial charge is 0.227 e. The van der Waals surface area contributed by atoms with Gasteiger partial charge in [0, 0.05) is 26.2 Å². The number of piperidine rings is 1. The molecule has 1 saturated carbocycles. The van der Waals surface area contributed by atoms with E-state index >= 15 is 0 Å². The van der Waals surface area contributed by atoms with Gasteiger partial charge in [-0.3, -0.25) is 4.79 Å². The third kappa shape index (κ3) is 3.23. The fourth-order valence-electron chi connectivity index (χ4n) is 3.19. The van der Waals surface area contributed by atoms with Crippen LogP contribution in [0.5, 0.6) is 0 Å². The average Bonchev–Trinajstić information content (AvgIpc) is 2.63. The highest BCUT2D eigenvalue weighted by atomic mass is 16.5. The van der Waals surface area contributed by atoms with Crippen LogP contribution in [0.15, 0.2) is 0 Å². The Bertz CT molecular complexity index is 275. The zero-order valence-corrected chi connectivity index (χ0v) is 11.4. The lowest BCUT2D eigenvalue weighted by Gasteiger charge is -2.34. The second kappa shape index (κ2) is 6.53. The Labute approximate surface area is 110 Å². The molecule has 2 N–H and O–H groups in total. The molecule has 18 heavy (non-hydrogen) atoms. The van der Waals surface area contributed by atoms with Crippen LogP contribution >= 0.6 is 0 Å². The Kier molecular flexibility index (Phi) is 5.01. The molecule has 0 spiro atoms.